The standard InChI is InChI=1S/C23H19F3N6O4S2/c1-35-19-20(28-12-29-21(19)36-2)32-38(33,34)15-6-4-14(5-7-15)30-22(37)31-17-9-10-27-18-11-13(23(24,25)26)3-8-16(17)18/h3-12H,1-2H3,(H,28,29,32)(H2,27,30,31,37). The van der Waals surface area contributed by atoms with E-state index in [0.717, 1.165) is 18.5 Å². The number of hydrogen-bond donors (Lipinski definition) is 3. The van der Waals surface area contributed by atoms with Crippen LogP contribution in [-0.2, 0) is 16.2 Å². The molecule has 3 N–H and O–H groups in total. The molecule has 4 aromatic rings. The van der Waals surface area contributed by atoms with Gasteiger partial charge in [-0.3, -0.25) is 9.71 Å². The minimum atomic E-state index is -4.49. The Bertz CT molecular complexity index is 1600. The van der Waals surface area contributed by atoms with Crippen molar-refractivity contribution in [2.75, 3.05) is 29.6 Å². The van der Waals surface area contributed by atoms with Crippen LogP contribution in [0.2, 0.25) is 0 Å². The number of nitrogens with one attached hydrogen (secondary N) is 3. The summed E-state index contributed by atoms with van der Waals surface area (Å²) in [6, 6.07) is 10.5. The lowest BCUT2D eigenvalue weighted by Crippen LogP contribution is -2.19. The topological polar surface area (TPSA) is 127 Å². The lowest BCUT2D eigenvalue weighted by atomic mass is 10.1. The number of pyridine rings is 1. The van der Waals surface area contributed by atoms with Crippen LogP contribution < -0.4 is 24.8 Å². The molecule has 0 aliphatic heterocycles. The fourth-order valence-corrected chi connectivity index (χ4v) is 4.62. The molecule has 4 rings (SSSR count). The van der Waals surface area contributed by atoms with Crippen LogP contribution in [0, 0.1) is 0 Å². The normalized spacial score (nSPS) is 11.6. The van der Waals surface area contributed by atoms with Crippen molar-refractivity contribution in [2.24, 2.45) is 0 Å². The van der Waals surface area contributed by atoms with Crippen LogP contribution in [0.1, 0.15) is 5.56 Å². The van der Waals surface area contributed by atoms with Crippen molar-refractivity contribution in [3.8, 4) is 11.6 Å². The van der Waals surface area contributed by atoms with E-state index in [-0.39, 0.29) is 33.0 Å². The summed E-state index contributed by atoms with van der Waals surface area (Å²) >= 11 is 5.32. The van der Waals surface area contributed by atoms with Gasteiger partial charge in [-0.05, 0) is 54.7 Å². The second kappa shape index (κ2) is 10.6. The first-order valence-electron chi connectivity index (χ1n) is 10.6. The smallest absolute Gasteiger partial charge is 0.416 e. The number of ether oxygens (including phenoxy) is 2. The third-order valence-electron chi connectivity index (χ3n) is 5.14. The van der Waals surface area contributed by atoms with E-state index < -0.39 is 21.8 Å². The van der Waals surface area contributed by atoms with Crippen molar-refractivity contribution in [1.29, 1.82) is 0 Å². The van der Waals surface area contributed by atoms with Crippen LogP contribution in [0.3, 0.4) is 0 Å². The number of aromatic nitrogens is 3. The molecule has 0 atom stereocenters. The predicted molar refractivity (Wildman–Crippen MR) is 139 cm³/mol. The molecule has 0 saturated carbocycles. The summed E-state index contributed by atoms with van der Waals surface area (Å²) in [7, 11) is -1.36. The largest absolute Gasteiger partial charge is 0.489 e. The highest BCUT2D eigenvalue weighted by Gasteiger charge is 2.30. The summed E-state index contributed by atoms with van der Waals surface area (Å²) < 4.78 is 77.3. The number of alkyl halides is 3. The molecule has 0 aliphatic carbocycles. The Hall–Kier alpha value is -4.24. The lowest BCUT2D eigenvalue weighted by molar-refractivity contribution is -0.137. The third kappa shape index (κ3) is 5.84. The molecule has 198 valence electrons. The Morgan fingerprint density at radius 2 is 1.68 bits per heavy atom. The van der Waals surface area contributed by atoms with Gasteiger partial charge in [-0.15, -0.1) is 0 Å². The number of thiocarbonyl (C=S) groups is 1. The molecule has 0 saturated heterocycles. The van der Waals surface area contributed by atoms with Crippen LogP contribution in [0.15, 0.2) is 66.0 Å². The van der Waals surface area contributed by atoms with Crippen molar-refractivity contribution in [3.05, 3.63) is 66.6 Å². The summed E-state index contributed by atoms with van der Waals surface area (Å²) in [6.45, 7) is 0. The minimum absolute atomic E-state index is 0.0200. The van der Waals surface area contributed by atoms with Gasteiger partial charge in [0.15, 0.2) is 10.9 Å². The summed E-state index contributed by atoms with van der Waals surface area (Å²) in [5.74, 6) is -0.0195. The van der Waals surface area contributed by atoms with Gasteiger partial charge in [0.05, 0.1) is 35.9 Å². The van der Waals surface area contributed by atoms with Gasteiger partial charge in [0.25, 0.3) is 15.9 Å². The highest BCUT2D eigenvalue weighted by Crippen LogP contribution is 2.33. The molecule has 15 heteroatoms. The number of benzene rings is 2. The van der Waals surface area contributed by atoms with Crippen molar-refractivity contribution < 1.29 is 31.1 Å². The van der Waals surface area contributed by atoms with Crippen molar-refractivity contribution in [1.82, 2.24) is 15.0 Å². The molecule has 10 nitrogen and oxygen atoms in total. The van der Waals surface area contributed by atoms with Gasteiger partial charge in [-0.25, -0.2) is 13.4 Å². The Morgan fingerprint density at radius 1 is 0.947 bits per heavy atom. The maximum absolute atomic E-state index is 13.0. The molecular formula is C23H19F3N6O4S2. The number of rotatable bonds is 7. The van der Waals surface area contributed by atoms with E-state index in [4.69, 9.17) is 21.7 Å². The zero-order valence-corrected chi connectivity index (χ0v) is 21.3. The van der Waals surface area contributed by atoms with Gasteiger partial charge < -0.3 is 20.1 Å². The maximum Gasteiger partial charge on any atom is 0.416 e. The van der Waals surface area contributed by atoms with Gasteiger partial charge in [-0.1, -0.05) is 6.07 Å². The number of anilines is 3. The summed E-state index contributed by atoms with van der Waals surface area (Å²) in [5.41, 5.74) is 0.240. The minimum Gasteiger partial charge on any atom is -0.489 e. The first-order chi connectivity index (χ1) is 18.0. The van der Waals surface area contributed by atoms with E-state index in [1.165, 1.54) is 50.7 Å². The number of fused-ring (bicyclic) bond motifs is 1. The van der Waals surface area contributed by atoms with E-state index >= 15 is 0 Å². The van der Waals surface area contributed by atoms with Crippen LogP contribution >= 0.6 is 12.2 Å². The number of nitrogens with zero attached hydrogens (tertiary/aromatic N) is 3. The van der Waals surface area contributed by atoms with Crippen LogP contribution in [0.4, 0.5) is 30.4 Å². The van der Waals surface area contributed by atoms with Crippen LogP contribution in [0.5, 0.6) is 11.6 Å². The number of sulfonamides is 1. The lowest BCUT2D eigenvalue weighted by Gasteiger charge is -2.14. The highest BCUT2D eigenvalue weighted by atomic mass is 32.2. The second-order valence-electron chi connectivity index (χ2n) is 7.56. The molecular weight excluding hydrogens is 545 g/mol. The molecule has 38 heavy (non-hydrogen) atoms. The van der Waals surface area contributed by atoms with E-state index in [0.29, 0.717) is 16.8 Å². The van der Waals surface area contributed by atoms with Crippen molar-refractivity contribution >= 4 is 55.4 Å². The molecule has 2 aromatic carbocycles. The van der Waals surface area contributed by atoms with Gasteiger partial charge in [0.2, 0.25) is 5.75 Å². The predicted octanol–water partition coefficient (Wildman–Crippen LogP) is 4.67. The van der Waals surface area contributed by atoms with E-state index in [1.54, 1.807) is 6.07 Å². The average molecular weight is 565 g/mol. The maximum atomic E-state index is 13.0. The van der Waals surface area contributed by atoms with E-state index in [9.17, 15) is 21.6 Å². The summed E-state index contributed by atoms with van der Waals surface area (Å²) in [4.78, 5) is 11.7. The molecule has 0 unspecified atom stereocenters. The number of halogens is 3. The Kier molecular flexibility index (Phi) is 7.50. The molecule has 0 aliphatic rings. The quantitative estimate of drug-likeness (QED) is 0.273. The molecule has 0 radical (unpaired) electrons. The van der Waals surface area contributed by atoms with Gasteiger partial charge in [0.1, 0.15) is 6.33 Å². The fourth-order valence-electron chi connectivity index (χ4n) is 3.38. The molecule has 2 aromatic heterocycles. The highest BCUT2D eigenvalue weighted by molar-refractivity contribution is 7.92. The van der Waals surface area contributed by atoms with Gasteiger partial charge in [0, 0.05) is 17.3 Å². The average Bonchev–Trinajstić information content (AvgIpc) is 2.88. The molecule has 0 spiro atoms. The van der Waals surface area contributed by atoms with Crippen LogP contribution in [0.25, 0.3) is 10.9 Å². The zero-order chi connectivity index (χ0) is 27.5. The first kappa shape index (κ1) is 26.8. The number of hydrogen-bond acceptors (Lipinski definition) is 8. The summed E-state index contributed by atoms with van der Waals surface area (Å²) in [6.07, 6.45) is -2.00. The van der Waals surface area contributed by atoms with Gasteiger partial charge in [-0.2, -0.15) is 18.2 Å². The second-order valence-corrected chi connectivity index (χ2v) is 9.65. The van der Waals surface area contributed by atoms with Crippen molar-refractivity contribution in [3.63, 3.8) is 0 Å². The SMILES string of the molecule is COc1ncnc(NS(=O)(=O)c2ccc(NC(=S)Nc3ccnc4cc(C(F)(F)F)ccc34)cc2)c1OC. The molecule has 0 amide bonds. The van der Waals surface area contributed by atoms with Gasteiger partial charge >= 0.3 is 6.18 Å². The Labute approximate surface area is 220 Å². The first-order valence-corrected chi connectivity index (χ1v) is 12.5. The molecule has 0 bridgehead atoms. The summed E-state index contributed by atoms with van der Waals surface area (Å²) in [5, 5.41) is 6.39. The Morgan fingerprint density at radius 3 is 2.34 bits per heavy atom. The molecule has 0 fully saturated rings. The third-order valence-corrected chi connectivity index (χ3v) is 6.70. The fraction of sp³-hybridized carbons (Fsp3) is 0.130. The van der Waals surface area contributed by atoms with E-state index in [1.807, 2.05) is 0 Å². The Balaban J connectivity index is 1.47. The van der Waals surface area contributed by atoms with E-state index in [2.05, 4.69) is 30.3 Å². The monoisotopic (exact) mass is 564 g/mol. The van der Waals surface area contributed by atoms with Crippen LogP contribution in [-0.4, -0.2) is 42.7 Å². The van der Waals surface area contributed by atoms with Crippen molar-refractivity contribution in [2.45, 2.75) is 11.1 Å². The number of methoxy groups -OCH3 is 2. The molecule has 2 heterocycles. The zero-order valence-electron chi connectivity index (χ0n) is 19.7.